The number of allylic oxidation sites excluding steroid dienone is 3. The second-order valence-electron chi connectivity index (χ2n) is 8.29. The quantitative estimate of drug-likeness (QED) is 0.339. The Labute approximate surface area is 223 Å². The summed E-state index contributed by atoms with van der Waals surface area (Å²) in [5.41, 5.74) is 6.25. The van der Waals surface area contributed by atoms with Crippen LogP contribution < -0.4 is 38.3 Å². The molecule has 0 aliphatic carbocycles. The minimum absolute atomic E-state index is 0. The van der Waals surface area contributed by atoms with Gasteiger partial charge in [-0.3, -0.25) is 0 Å². The van der Waals surface area contributed by atoms with Crippen LogP contribution in [0.15, 0.2) is 54.4 Å². The molecule has 2 aliphatic rings. The fraction of sp³-hybridized carbons (Fsp3) is 0.346. The Kier molecular flexibility index (Phi) is 7.32. The van der Waals surface area contributed by atoms with Gasteiger partial charge in [-0.15, -0.1) is 0 Å². The molecule has 7 heteroatoms. The molecular weight excluding hydrogens is 566 g/mol. The SMILES string of the molecule is CCN1C(=CC=C2CCCn3c2[n+](CC)c2cc(Cl)ccc23)N(CC)c2cc(Cl)ccc21.[I-]. The predicted molar refractivity (Wildman–Crippen MR) is 136 cm³/mol. The molecule has 3 heterocycles. The van der Waals surface area contributed by atoms with Gasteiger partial charge in [0.05, 0.1) is 24.5 Å². The molecule has 0 radical (unpaired) electrons. The smallest absolute Gasteiger partial charge is 0.285 e. The maximum Gasteiger partial charge on any atom is 0.285 e. The molecule has 0 saturated heterocycles. The Balaban J connectivity index is 0.00000259. The molecule has 3 aromatic rings. The van der Waals surface area contributed by atoms with E-state index in [1.54, 1.807) is 0 Å². The molecule has 4 nitrogen and oxygen atoms in total. The Bertz CT molecular complexity index is 1260. The highest BCUT2D eigenvalue weighted by Crippen LogP contribution is 2.43. The molecule has 0 N–H and O–H groups in total. The summed E-state index contributed by atoms with van der Waals surface area (Å²) in [7, 11) is 0. The molecule has 33 heavy (non-hydrogen) atoms. The average molecular weight is 595 g/mol. The van der Waals surface area contributed by atoms with Gasteiger partial charge in [-0.1, -0.05) is 23.2 Å². The average Bonchev–Trinajstić information content (AvgIpc) is 3.28. The van der Waals surface area contributed by atoms with Gasteiger partial charge in [0.25, 0.3) is 5.82 Å². The van der Waals surface area contributed by atoms with Gasteiger partial charge in [0.15, 0.2) is 11.0 Å². The topological polar surface area (TPSA) is 15.3 Å². The van der Waals surface area contributed by atoms with Gasteiger partial charge < -0.3 is 33.8 Å². The normalized spacial score (nSPS) is 17.6. The minimum Gasteiger partial charge on any atom is -1.00 e. The summed E-state index contributed by atoms with van der Waals surface area (Å²) in [5, 5.41) is 1.56. The number of anilines is 2. The number of halogens is 3. The van der Waals surface area contributed by atoms with Gasteiger partial charge >= 0.3 is 0 Å². The van der Waals surface area contributed by atoms with Crippen LogP contribution in [0.25, 0.3) is 16.6 Å². The van der Waals surface area contributed by atoms with Gasteiger partial charge in [0.2, 0.25) is 0 Å². The Morgan fingerprint density at radius 3 is 2.33 bits per heavy atom. The van der Waals surface area contributed by atoms with E-state index in [9.17, 15) is 0 Å². The summed E-state index contributed by atoms with van der Waals surface area (Å²) < 4.78 is 4.87. The van der Waals surface area contributed by atoms with Crippen molar-refractivity contribution in [1.29, 1.82) is 0 Å². The zero-order chi connectivity index (χ0) is 22.4. The minimum atomic E-state index is 0. The van der Waals surface area contributed by atoms with Crippen molar-refractivity contribution in [2.75, 3.05) is 22.9 Å². The standard InChI is InChI=1S/C26H29Cl2N4.HI/c1-4-29-21-12-10-19(27)16-23(21)30(5-2)25(29)14-9-18-8-7-15-32-22-13-11-20(28)17-24(22)31(6-3)26(18)32;/h9-14,16-17H,4-8,15H2,1-3H3;1H/q+1;/p-1. The number of nitrogens with zero attached hydrogens (tertiary/aromatic N) is 4. The molecule has 1 aromatic heterocycles. The van der Waals surface area contributed by atoms with Gasteiger partial charge in [0, 0.05) is 34.8 Å². The molecule has 0 unspecified atom stereocenters. The summed E-state index contributed by atoms with van der Waals surface area (Å²) in [4.78, 5) is 4.73. The first-order valence-corrected chi connectivity index (χ1v) is 12.3. The van der Waals surface area contributed by atoms with Gasteiger partial charge in [-0.25, -0.2) is 9.13 Å². The van der Waals surface area contributed by atoms with Crippen molar-refractivity contribution < 1.29 is 28.5 Å². The van der Waals surface area contributed by atoms with Crippen LogP contribution in [0, 0.1) is 0 Å². The van der Waals surface area contributed by atoms with E-state index in [1.165, 1.54) is 39.6 Å². The van der Waals surface area contributed by atoms with E-state index in [-0.39, 0.29) is 24.0 Å². The highest BCUT2D eigenvalue weighted by atomic mass is 127. The van der Waals surface area contributed by atoms with Crippen LogP contribution in [-0.2, 0) is 13.1 Å². The maximum absolute atomic E-state index is 6.35. The summed E-state index contributed by atoms with van der Waals surface area (Å²) in [6.07, 6.45) is 6.83. The van der Waals surface area contributed by atoms with Crippen LogP contribution in [0.1, 0.15) is 39.4 Å². The fourth-order valence-electron chi connectivity index (χ4n) is 5.26. The first kappa shape index (κ1) is 24.4. The molecular formula is C26H29Cl2IN4. The third-order valence-corrected chi connectivity index (χ3v) is 7.07. The summed E-state index contributed by atoms with van der Waals surface area (Å²) in [6.45, 7) is 10.4. The lowest BCUT2D eigenvalue weighted by Gasteiger charge is -2.23. The molecule has 0 fully saturated rings. The monoisotopic (exact) mass is 594 g/mol. The number of hydrogen-bond acceptors (Lipinski definition) is 2. The lowest BCUT2D eigenvalue weighted by atomic mass is 10.0. The van der Waals surface area contributed by atoms with Gasteiger partial charge in [-0.05, 0) is 76.1 Å². The van der Waals surface area contributed by atoms with Crippen LogP contribution in [-0.4, -0.2) is 17.7 Å². The second-order valence-corrected chi connectivity index (χ2v) is 9.17. The van der Waals surface area contributed by atoms with E-state index in [1.807, 2.05) is 12.1 Å². The number of imidazole rings is 1. The molecule has 174 valence electrons. The van der Waals surface area contributed by atoms with Crippen molar-refractivity contribution in [3.63, 3.8) is 0 Å². The number of hydrogen-bond donors (Lipinski definition) is 0. The van der Waals surface area contributed by atoms with Crippen molar-refractivity contribution in [1.82, 2.24) is 4.57 Å². The first-order valence-electron chi connectivity index (χ1n) is 11.5. The molecule has 0 spiro atoms. The Hall–Kier alpha value is -1.70. The van der Waals surface area contributed by atoms with Crippen molar-refractivity contribution in [2.24, 2.45) is 0 Å². The van der Waals surface area contributed by atoms with E-state index in [0.717, 1.165) is 49.1 Å². The van der Waals surface area contributed by atoms with Gasteiger partial charge in [-0.2, -0.15) is 0 Å². The highest BCUT2D eigenvalue weighted by molar-refractivity contribution is 6.31. The lowest BCUT2D eigenvalue weighted by Crippen LogP contribution is -3.00. The first-order chi connectivity index (χ1) is 15.6. The van der Waals surface area contributed by atoms with Gasteiger partial charge in [0.1, 0.15) is 5.82 Å². The number of rotatable bonds is 4. The Morgan fingerprint density at radius 1 is 0.909 bits per heavy atom. The Morgan fingerprint density at radius 2 is 1.61 bits per heavy atom. The van der Waals surface area contributed by atoms with E-state index in [2.05, 4.69) is 76.1 Å². The summed E-state index contributed by atoms with van der Waals surface area (Å²) in [6, 6.07) is 12.4. The van der Waals surface area contributed by atoms with E-state index >= 15 is 0 Å². The van der Waals surface area contributed by atoms with Crippen LogP contribution in [0.3, 0.4) is 0 Å². The van der Waals surface area contributed by atoms with Crippen molar-refractivity contribution in [3.8, 4) is 0 Å². The fourth-order valence-corrected chi connectivity index (χ4v) is 5.59. The molecule has 2 aliphatic heterocycles. The van der Waals surface area contributed by atoms with Crippen LogP contribution >= 0.6 is 23.2 Å². The molecule has 0 saturated carbocycles. The number of fused-ring (bicyclic) bond motifs is 4. The van der Waals surface area contributed by atoms with Crippen molar-refractivity contribution >= 4 is 51.2 Å². The zero-order valence-electron chi connectivity index (χ0n) is 19.3. The zero-order valence-corrected chi connectivity index (χ0v) is 23.0. The molecule has 0 amide bonds. The third kappa shape index (κ3) is 4.06. The van der Waals surface area contributed by atoms with Crippen molar-refractivity contribution in [2.45, 2.75) is 46.7 Å². The number of aromatic nitrogens is 2. The largest absolute Gasteiger partial charge is 1.00 e. The maximum atomic E-state index is 6.35. The lowest BCUT2D eigenvalue weighted by molar-refractivity contribution is -0.671. The molecule has 0 bridgehead atoms. The molecule has 2 aromatic carbocycles. The van der Waals surface area contributed by atoms with E-state index in [0.29, 0.717) is 0 Å². The van der Waals surface area contributed by atoms with E-state index < -0.39 is 0 Å². The predicted octanol–water partition coefficient (Wildman–Crippen LogP) is 3.64. The molecule has 0 atom stereocenters. The highest BCUT2D eigenvalue weighted by Gasteiger charge is 2.32. The summed E-state index contributed by atoms with van der Waals surface area (Å²) >= 11 is 12.7. The van der Waals surface area contributed by atoms with Crippen LogP contribution in [0.2, 0.25) is 10.0 Å². The van der Waals surface area contributed by atoms with Crippen molar-refractivity contribution in [3.05, 3.63) is 70.2 Å². The number of aryl methyl sites for hydroxylation is 2. The summed E-state index contributed by atoms with van der Waals surface area (Å²) in [5.74, 6) is 2.51. The molecule has 5 rings (SSSR count). The number of benzene rings is 2. The third-order valence-electron chi connectivity index (χ3n) is 6.60. The second kappa shape index (κ2) is 9.88. The van der Waals surface area contributed by atoms with Crippen LogP contribution in [0.5, 0.6) is 0 Å². The van der Waals surface area contributed by atoms with E-state index in [4.69, 9.17) is 23.2 Å². The van der Waals surface area contributed by atoms with Crippen LogP contribution in [0.4, 0.5) is 11.4 Å².